The lowest BCUT2D eigenvalue weighted by Gasteiger charge is -2.30. The van der Waals surface area contributed by atoms with Crippen molar-refractivity contribution in [2.24, 2.45) is 5.73 Å². The van der Waals surface area contributed by atoms with Crippen molar-refractivity contribution >= 4 is 40.6 Å². The molecule has 1 aliphatic rings. The highest BCUT2D eigenvalue weighted by molar-refractivity contribution is 7.17. The second-order valence-corrected chi connectivity index (χ2v) is 8.36. The normalized spacial score (nSPS) is 13.2. The van der Waals surface area contributed by atoms with Crippen LogP contribution in [0.2, 0.25) is 0 Å². The standard InChI is InChI=1S/C21H27N3O5S.ClH/c1-11(2)24-7-6-13-16(10-24)30-21(17(13)19(22)25)23-20(26)12-8-14(27-3)18(29-5)15(9-12)28-4;/h8-9,11H,6-7,10H2,1-5H3,(H2,22,25)(H,23,26);1H. The van der Waals surface area contributed by atoms with Crippen molar-refractivity contribution in [1.82, 2.24) is 4.90 Å². The number of benzene rings is 1. The number of thiophene rings is 1. The minimum absolute atomic E-state index is 0. The second-order valence-electron chi connectivity index (χ2n) is 7.25. The number of methoxy groups -OCH3 is 3. The van der Waals surface area contributed by atoms with Gasteiger partial charge in [-0.1, -0.05) is 0 Å². The van der Waals surface area contributed by atoms with Crippen LogP contribution >= 0.6 is 23.7 Å². The van der Waals surface area contributed by atoms with Crippen LogP contribution in [0.5, 0.6) is 17.2 Å². The van der Waals surface area contributed by atoms with Crippen molar-refractivity contribution in [2.45, 2.75) is 32.9 Å². The predicted octanol–water partition coefficient (Wildman–Crippen LogP) is 3.31. The van der Waals surface area contributed by atoms with Gasteiger partial charge >= 0.3 is 0 Å². The first-order valence-electron chi connectivity index (χ1n) is 9.60. The molecular formula is C21H28ClN3O5S. The van der Waals surface area contributed by atoms with Gasteiger partial charge in [0.1, 0.15) is 5.00 Å². The third kappa shape index (κ3) is 4.89. The van der Waals surface area contributed by atoms with Crippen molar-refractivity contribution < 1.29 is 23.8 Å². The lowest BCUT2D eigenvalue weighted by atomic mass is 10.0. The van der Waals surface area contributed by atoms with E-state index in [0.29, 0.717) is 39.4 Å². The Morgan fingerprint density at radius 2 is 1.74 bits per heavy atom. The minimum Gasteiger partial charge on any atom is -0.493 e. The van der Waals surface area contributed by atoms with Gasteiger partial charge < -0.3 is 25.3 Å². The average Bonchev–Trinajstić information content (AvgIpc) is 3.09. The number of hydrogen-bond acceptors (Lipinski definition) is 7. The first kappa shape index (κ1) is 24.8. The van der Waals surface area contributed by atoms with Gasteiger partial charge in [-0.05, 0) is 38.0 Å². The van der Waals surface area contributed by atoms with Crippen molar-refractivity contribution in [1.29, 1.82) is 0 Å². The third-order valence-electron chi connectivity index (χ3n) is 5.22. The topological polar surface area (TPSA) is 103 Å². The number of carbonyl (C=O) groups excluding carboxylic acids is 2. The summed E-state index contributed by atoms with van der Waals surface area (Å²) in [5, 5.41) is 3.33. The monoisotopic (exact) mass is 469 g/mol. The molecule has 170 valence electrons. The maximum atomic E-state index is 13.0. The molecule has 2 amide bonds. The number of nitrogens with one attached hydrogen (secondary N) is 1. The predicted molar refractivity (Wildman–Crippen MR) is 123 cm³/mol. The summed E-state index contributed by atoms with van der Waals surface area (Å²) in [5.74, 6) is 0.210. The molecule has 1 aromatic heterocycles. The van der Waals surface area contributed by atoms with E-state index in [-0.39, 0.29) is 12.4 Å². The molecule has 8 nitrogen and oxygen atoms in total. The molecular weight excluding hydrogens is 442 g/mol. The Labute approximate surface area is 192 Å². The molecule has 1 aromatic carbocycles. The largest absolute Gasteiger partial charge is 0.493 e. The Kier molecular flexibility index (Phi) is 8.16. The number of halogens is 1. The fraction of sp³-hybridized carbons (Fsp3) is 0.429. The Morgan fingerprint density at radius 1 is 1.13 bits per heavy atom. The molecule has 31 heavy (non-hydrogen) atoms. The van der Waals surface area contributed by atoms with Crippen LogP contribution in [0.25, 0.3) is 0 Å². The number of hydrogen-bond donors (Lipinski definition) is 2. The summed E-state index contributed by atoms with van der Waals surface area (Å²) in [4.78, 5) is 28.6. The first-order valence-corrected chi connectivity index (χ1v) is 10.4. The number of primary amides is 1. The van der Waals surface area contributed by atoms with Crippen LogP contribution in [0, 0.1) is 0 Å². The molecule has 0 unspecified atom stereocenters. The zero-order valence-corrected chi connectivity index (χ0v) is 19.9. The lowest BCUT2D eigenvalue weighted by Crippen LogP contribution is -2.35. The van der Waals surface area contributed by atoms with Crippen LogP contribution in [0.3, 0.4) is 0 Å². The number of ether oxygens (including phenoxy) is 3. The van der Waals surface area contributed by atoms with E-state index in [2.05, 4.69) is 24.1 Å². The van der Waals surface area contributed by atoms with E-state index in [1.165, 1.54) is 32.7 Å². The van der Waals surface area contributed by atoms with E-state index in [9.17, 15) is 9.59 Å². The van der Waals surface area contributed by atoms with Crippen LogP contribution in [-0.2, 0) is 13.0 Å². The molecule has 0 radical (unpaired) electrons. The molecule has 3 N–H and O–H groups in total. The van der Waals surface area contributed by atoms with Crippen molar-refractivity contribution in [2.75, 3.05) is 33.2 Å². The molecule has 0 saturated carbocycles. The number of amides is 2. The van der Waals surface area contributed by atoms with E-state index in [1.807, 2.05) is 0 Å². The molecule has 0 saturated heterocycles. The zero-order chi connectivity index (χ0) is 22.0. The molecule has 0 fully saturated rings. The Morgan fingerprint density at radius 3 is 2.23 bits per heavy atom. The lowest BCUT2D eigenvalue weighted by molar-refractivity contribution is 0.0999. The van der Waals surface area contributed by atoms with Crippen LogP contribution in [0.1, 0.15) is 45.0 Å². The highest BCUT2D eigenvalue weighted by atomic mass is 35.5. The quantitative estimate of drug-likeness (QED) is 0.644. The van der Waals surface area contributed by atoms with Gasteiger partial charge in [0.15, 0.2) is 11.5 Å². The molecule has 0 aliphatic carbocycles. The van der Waals surface area contributed by atoms with Gasteiger partial charge in [-0.25, -0.2) is 0 Å². The maximum absolute atomic E-state index is 13.0. The van der Waals surface area contributed by atoms with E-state index < -0.39 is 11.8 Å². The summed E-state index contributed by atoms with van der Waals surface area (Å²) in [6.07, 6.45) is 0.725. The molecule has 3 rings (SSSR count). The van der Waals surface area contributed by atoms with E-state index in [0.717, 1.165) is 30.0 Å². The number of anilines is 1. The SMILES string of the molecule is COc1cc(C(=O)Nc2sc3c(c2C(N)=O)CCN(C(C)C)C3)cc(OC)c1OC.Cl. The fourth-order valence-electron chi connectivity index (χ4n) is 3.60. The van der Waals surface area contributed by atoms with Gasteiger partial charge in [0.2, 0.25) is 5.75 Å². The average molecular weight is 470 g/mol. The molecule has 2 aromatic rings. The zero-order valence-electron chi connectivity index (χ0n) is 18.2. The Hall–Kier alpha value is -2.49. The third-order valence-corrected chi connectivity index (χ3v) is 6.35. The molecule has 1 aliphatic heterocycles. The number of fused-ring (bicyclic) bond motifs is 1. The van der Waals surface area contributed by atoms with Gasteiger partial charge in [0, 0.05) is 29.6 Å². The summed E-state index contributed by atoms with van der Waals surface area (Å²) in [6.45, 7) is 5.86. The summed E-state index contributed by atoms with van der Waals surface area (Å²) >= 11 is 1.40. The van der Waals surface area contributed by atoms with Gasteiger partial charge in [0.25, 0.3) is 11.8 Å². The highest BCUT2D eigenvalue weighted by Crippen LogP contribution is 2.40. The number of carbonyl (C=O) groups is 2. The molecule has 0 atom stereocenters. The van der Waals surface area contributed by atoms with Gasteiger partial charge in [-0.15, -0.1) is 23.7 Å². The van der Waals surface area contributed by atoms with Crippen LogP contribution in [-0.4, -0.2) is 50.6 Å². The van der Waals surface area contributed by atoms with Crippen molar-refractivity contribution in [3.05, 3.63) is 33.7 Å². The van der Waals surface area contributed by atoms with Crippen LogP contribution in [0.4, 0.5) is 5.00 Å². The molecule has 10 heteroatoms. The van der Waals surface area contributed by atoms with E-state index >= 15 is 0 Å². The van der Waals surface area contributed by atoms with Crippen LogP contribution < -0.4 is 25.3 Å². The number of nitrogens with two attached hydrogens (primary N) is 1. The number of rotatable bonds is 7. The highest BCUT2D eigenvalue weighted by Gasteiger charge is 2.29. The second kappa shape index (κ2) is 10.2. The first-order chi connectivity index (χ1) is 14.3. The summed E-state index contributed by atoms with van der Waals surface area (Å²) in [6, 6.07) is 3.53. The summed E-state index contributed by atoms with van der Waals surface area (Å²) in [7, 11) is 4.46. The fourth-order valence-corrected chi connectivity index (χ4v) is 4.87. The Balaban J connectivity index is 0.00000341. The molecule has 0 spiro atoms. The van der Waals surface area contributed by atoms with Gasteiger partial charge in [-0.3, -0.25) is 14.5 Å². The smallest absolute Gasteiger partial charge is 0.256 e. The minimum atomic E-state index is -0.536. The van der Waals surface area contributed by atoms with Crippen molar-refractivity contribution in [3.63, 3.8) is 0 Å². The van der Waals surface area contributed by atoms with Gasteiger partial charge in [0.05, 0.1) is 26.9 Å². The van der Waals surface area contributed by atoms with E-state index in [4.69, 9.17) is 19.9 Å². The molecule has 2 heterocycles. The summed E-state index contributed by atoms with van der Waals surface area (Å²) in [5.41, 5.74) is 7.32. The Bertz CT molecular complexity index is 951. The van der Waals surface area contributed by atoms with E-state index in [1.54, 1.807) is 12.1 Å². The summed E-state index contributed by atoms with van der Waals surface area (Å²) < 4.78 is 15.9. The maximum Gasteiger partial charge on any atom is 0.256 e. The van der Waals surface area contributed by atoms with Gasteiger partial charge in [-0.2, -0.15) is 0 Å². The number of nitrogens with zero attached hydrogens (tertiary/aromatic N) is 1. The molecule has 0 bridgehead atoms. The van der Waals surface area contributed by atoms with Crippen molar-refractivity contribution in [3.8, 4) is 17.2 Å². The van der Waals surface area contributed by atoms with Crippen LogP contribution in [0.15, 0.2) is 12.1 Å².